The Hall–Kier alpha value is -2.02. The van der Waals surface area contributed by atoms with Gasteiger partial charge in [-0.1, -0.05) is 20.8 Å². The molecule has 23 heavy (non-hydrogen) atoms. The standard InChI is InChI=1S/C14H17FN4O2.C2H6/c1-3-8-5-10-11-12(18-14(15)17-10)19(4-2)9(6-20)7-21-13(11)16-8;1-2/h5,9,20H,3-4,6-7H2,1-2H3;1-2H3. The molecule has 0 spiro atoms. The van der Waals surface area contributed by atoms with Crippen molar-refractivity contribution in [2.24, 2.45) is 0 Å². The van der Waals surface area contributed by atoms with Crippen molar-refractivity contribution < 1.29 is 14.2 Å². The number of nitrogens with zero attached hydrogens (tertiary/aromatic N) is 4. The summed E-state index contributed by atoms with van der Waals surface area (Å²) < 4.78 is 19.5. The fourth-order valence-corrected chi connectivity index (χ4v) is 2.61. The van der Waals surface area contributed by atoms with E-state index in [1.54, 1.807) is 6.07 Å². The van der Waals surface area contributed by atoms with Crippen LogP contribution in [0.15, 0.2) is 6.07 Å². The molecule has 1 aliphatic heterocycles. The number of hydrogen-bond acceptors (Lipinski definition) is 6. The van der Waals surface area contributed by atoms with E-state index in [1.807, 2.05) is 32.6 Å². The van der Waals surface area contributed by atoms with Crippen LogP contribution in [-0.4, -0.2) is 45.9 Å². The summed E-state index contributed by atoms with van der Waals surface area (Å²) in [7, 11) is 0. The fourth-order valence-electron chi connectivity index (χ4n) is 2.61. The van der Waals surface area contributed by atoms with Crippen LogP contribution in [0.3, 0.4) is 0 Å². The molecule has 7 heteroatoms. The van der Waals surface area contributed by atoms with Gasteiger partial charge in [-0.25, -0.2) is 9.97 Å². The molecule has 0 aromatic carbocycles. The molecule has 0 bridgehead atoms. The lowest BCUT2D eigenvalue weighted by atomic mass is 10.2. The smallest absolute Gasteiger partial charge is 0.311 e. The van der Waals surface area contributed by atoms with E-state index in [9.17, 15) is 9.50 Å². The Labute approximate surface area is 135 Å². The average Bonchev–Trinajstić information content (AvgIpc) is 2.73. The molecule has 126 valence electrons. The van der Waals surface area contributed by atoms with Crippen LogP contribution >= 0.6 is 0 Å². The predicted octanol–water partition coefficient (Wildman–Crippen LogP) is 2.33. The minimum atomic E-state index is -0.784. The number of pyridine rings is 1. The van der Waals surface area contributed by atoms with Crippen molar-refractivity contribution in [1.29, 1.82) is 0 Å². The zero-order valence-electron chi connectivity index (χ0n) is 14.0. The van der Waals surface area contributed by atoms with Gasteiger partial charge in [0.15, 0.2) is 0 Å². The summed E-state index contributed by atoms with van der Waals surface area (Å²) in [6, 6.07) is 1.47. The monoisotopic (exact) mass is 322 g/mol. The highest BCUT2D eigenvalue weighted by atomic mass is 19.1. The van der Waals surface area contributed by atoms with Crippen LogP contribution < -0.4 is 9.64 Å². The highest BCUT2D eigenvalue weighted by molar-refractivity contribution is 5.94. The molecule has 0 radical (unpaired) electrons. The Morgan fingerprint density at radius 2 is 2.04 bits per heavy atom. The van der Waals surface area contributed by atoms with Crippen molar-refractivity contribution >= 4 is 16.7 Å². The molecule has 1 atom stereocenters. The number of ether oxygens (including phenoxy) is 1. The first-order valence-corrected chi connectivity index (χ1v) is 8.05. The maximum atomic E-state index is 13.8. The van der Waals surface area contributed by atoms with Gasteiger partial charge in [0.05, 0.1) is 18.2 Å². The quantitative estimate of drug-likeness (QED) is 0.875. The molecule has 1 aliphatic rings. The van der Waals surface area contributed by atoms with Crippen LogP contribution in [0, 0.1) is 6.08 Å². The van der Waals surface area contributed by atoms with Crippen molar-refractivity contribution in [2.45, 2.75) is 40.2 Å². The highest BCUT2D eigenvalue weighted by Crippen LogP contribution is 2.35. The highest BCUT2D eigenvalue weighted by Gasteiger charge is 2.28. The Morgan fingerprint density at radius 1 is 1.30 bits per heavy atom. The summed E-state index contributed by atoms with van der Waals surface area (Å²) >= 11 is 0. The molecule has 2 aromatic heterocycles. The third kappa shape index (κ3) is 3.19. The van der Waals surface area contributed by atoms with Gasteiger partial charge in [-0.05, 0) is 19.4 Å². The molecular weight excluding hydrogens is 299 g/mol. The summed E-state index contributed by atoms with van der Waals surface area (Å²) in [4.78, 5) is 14.1. The first-order chi connectivity index (χ1) is 11.2. The Balaban J connectivity index is 0.000000924. The molecule has 3 heterocycles. The van der Waals surface area contributed by atoms with Crippen molar-refractivity contribution in [3.05, 3.63) is 17.8 Å². The first kappa shape index (κ1) is 17.3. The van der Waals surface area contributed by atoms with Gasteiger partial charge in [-0.15, -0.1) is 0 Å². The summed E-state index contributed by atoms with van der Waals surface area (Å²) in [6.45, 7) is 8.64. The number of hydrogen-bond donors (Lipinski definition) is 1. The minimum absolute atomic E-state index is 0.102. The van der Waals surface area contributed by atoms with Gasteiger partial charge < -0.3 is 14.7 Å². The summed E-state index contributed by atoms with van der Waals surface area (Å²) in [5, 5.41) is 10.1. The van der Waals surface area contributed by atoms with E-state index in [2.05, 4.69) is 15.0 Å². The number of halogens is 1. The third-order valence-corrected chi connectivity index (χ3v) is 3.69. The summed E-state index contributed by atoms with van der Waals surface area (Å²) in [5.74, 6) is 0.843. The zero-order chi connectivity index (χ0) is 17.0. The largest absolute Gasteiger partial charge is 0.475 e. The minimum Gasteiger partial charge on any atom is -0.475 e. The van der Waals surface area contributed by atoms with Crippen LogP contribution in [0.4, 0.5) is 10.2 Å². The predicted molar refractivity (Wildman–Crippen MR) is 87.4 cm³/mol. The van der Waals surface area contributed by atoms with Gasteiger partial charge in [0.2, 0.25) is 5.88 Å². The van der Waals surface area contributed by atoms with Crippen LogP contribution in [0.25, 0.3) is 10.9 Å². The number of aliphatic hydroxyl groups excluding tert-OH is 1. The van der Waals surface area contributed by atoms with Crippen LogP contribution in [0.1, 0.15) is 33.4 Å². The van der Waals surface area contributed by atoms with Gasteiger partial charge in [0.1, 0.15) is 17.8 Å². The molecular formula is C16H23FN4O2. The third-order valence-electron chi connectivity index (χ3n) is 3.69. The maximum Gasteiger partial charge on any atom is 0.311 e. The molecule has 0 saturated carbocycles. The van der Waals surface area contributed by atoms with Crippen molar-refractivity contribution in [3.63, 3.8) is 0 Å². The van der Waals surface area contributed by atoms with Crippen LogP contribution in [0.2, 0.25) is 0 Å². The fraction of sp³-hybridized carbons (Fsp3) is 0.562. The zero-order valence-corrected chi connectivity index (χ0v) is 14.0. The summed E-state index contributed by atoms with van der Waals surface area (Å²) in [6.07, 6.45) is -0.0810. The molecule has 1 unspecified atom stereocenters. The first-order valence-electron chi connectivity index (χ1n) is 8.05. The molecule has 1 N–H and O–H groups in total. The van der Waals surface area contributed by atoms with E-state index in [0.717, 1.165) is 5.69 Å². The number of aliphatic hydroxyl groups is 1. The summed E-state index contributed by atoms with van der Waals surface area (Å²) in [5.41, 5.74) is 1.27. The Morgan fingerprint density at radius 3 is 2.65 bits per heavy atom. The lowest BCUT2D eigenvalue weighted by Gasteiger charge is -2.28. The molecule has 0 aliphatic carbocycles. The van der Waals surface area contributed by atoms with Gasteiger partial charge >= 0.3 is 6.08 Å². The second-order valence-electron chi connectivity index (χ2n) is 4.92. The SMILES string of the molecule is CC.CCc1cc2nc(F)nc3c2c(n1)OCC(CO)N3CC. The van der Waals surface area contributed by atoms with Crippen molar-refractivity contribution in [3.8, 4) is 5.88 Å². The number of likely N-dealkylation sites (N-methyl/N-ethyl adjacent to an activating group) is 1. The molecule has 6 nitrogen and oxygen atoms in total. The Kier molecular flexibility index (Phi) is 5.65. The molecule has 3 rings (SSSR count). The van der Waals surface area contributed by atoms with E-state index in [4.69, 9.17) is 4.74 Å². The number of rotatable bonds is 3. The topological polar surface area (TPSA) is 71.4 Å². The molecule has 0 amide bonds. The van der Waals surface area contributed by atoms with Crippen molar-refractivity contribution in [1.82, 2.24) is 15.0 Å². The average molecular weight is 322 g/mol. The number of anilines is 1. The maximum absolute atomic E-state index is 13.8. The second kappa shape index (κ2) is 7.50. The van der Waals surface area contributed by atoms with E-state index in [1.165, 1.54) is 0 Å². The lowest BCUT2D eigenvalue weighted by Crippen LogP contribution is -2.41. The normalized spacial score (nSPS) is 16.4. The van der Waals surface area contributed by atoms with E-state index < -0.39 is 6.08 Å². The molecule has 2 aromatic rings. The molecule has 0 fully saturated rings. The molecule has 0 saturated heterocycles. The Bertz CT molecular complexity index is 681. The van der Waals surface area contributed by atoms with E-state index in [-0.39, 0.29) is 19.3 Å². The van der Waals surface area contributed by atoms with Crippen molar-refractivity contribution in [2.75, 3.05) is 24.7 Å². The van der Waals surface area contributed by atoms with Crippen LogP contribution in [0.5, 0.6) is 5.88 Å². The van der Waals surface area contributed by atoms with E-state index in [0.29, 0.717) is 35.6 Å². The lowest BCUT2D eigenvalue weighted by molar-refractivity contribution is 0.200. The van der Waals surface area contributed by atoms with Gasteiger partial charge in [0, 0.05) is 12.2 Å². The van der Waals surface area contributed by atoms with Gasteiger partial charge in [-0.3, -0.25) is 0 Å². The van der Waals surface area contributed by atoms with Gasteiger partial charge in [-0.2, -0.15) is 9.37 Å². The van der Waals surface area contributed by atoms with E-state index >= 15 is 0 Å². The second-order valence-corrected chi connectivity index (χ2v) is 4.92. The van der Waals surface area contributed by atoms with Gasteiger partial charge in [0.25, 0.3) is 0 Å². The number of aromatic nitrogens is 3. The number of aryl methyl sites for hydroxylation is 1. The van der Waals surface area contributed by atoms with Crippen LogP contribution in [-0.2, 0) is 6.42 Å².